The normalized spacial score (nSPS) is 10.7. The van der Waals surface area contributed by atoms with E-state index in [-0.39, 0.29) is 11.1 Å². The molecule has 0 fully saturated rings. The number of carbonyl (C=O) groups excluding carboxylic acids is 1. The van der Waals surface area contributed by atoms with E-state index in [0.717, 1.165) is 0 Å². The molecule has 0 radical (unpaired) electrons. The zero-order chi connectivity index (χ0) is 13.4. The number of hydrogen-bond acceptors (Lipinski definition) is 4. The van der Waals surface area contributed by atoms with Gasteiger partial charge in [-0.1, -0.05) is 11.6 Å². The number of hydrogen-bond donors (Lipinski definition) is 1. The molecule has 1 aromatic rings. The van der Waals surface area contributed by atoms with E-state index in [0.29, 0.717) is 25.3 Å². The lowest BCUT2D eigenvalue weighted by atomic mass is 10.2. The molecule has 0 unspecified atom stereocenters. The summed E-state index contributed by atoms with van der Waals surface area (Å²) in [5.41, 5.74) is 0.460. The van der Waals surface area contributed by atoms with Crippen molar-refractivity contribution in [3.8, 4) is 0 Å². The molecule has 1 N–H and O–H groups in total. The molecule has 0 bridgehead atoms. The maximum absolute atomic E-state index is 11.8. The summed E-state index contributed by atoms with van der Waals surface area (Å²) in [4.78, 5) is 15.6. The quantitative estimate of drug-likeness (QED) is 0.608. The zero-order valence-electron chi connectivity index (χ0n) is 10.5. The highest BCUT2D eigenvalue weighted by Gasteiger charge is 2.11. The lowest BCUT2D eigenvalue weighted by Gasteiger charge is -2.17. The standard InChI is InChI=1S/C12H17ClN2O3/c1-3-17-11(18-4-2)8-15-12(16)9-5-6-14-10(13)7-9/h5-7,11H,3-4,8H2,1-2H3,(H,15,16). The first-order valence-electron chi connectivity index (χ1n) is 5.80. The molecule has 0 aliphatic heterocycles. The Hall–Kier alpha value is -1.17. The van der Waals surface area contributed by atoms with Crippen LogP contribution in [0.2, 0.25) is 5.15 Å². The third-order valence-corrected chi connectivity index (χ3v) is 2.33. The van der Waals surface area contributed by atoms with Crippen molar-refractivity contribution < 1.29 is 14.3 Å². The van der Waals surface area contributed by atoms with Crippen molar-refractivity contribution in [2.45, 2.75) is 20.1 Å². The van der Waals surface area contributed by atoms with Crippen molar-refractivity contribution in [1.82, 2.24) is 10.3 Å². The van der Waals surface area contributed by atoms with Gasteiger partial charge in [0.1, 0.15) is 5.15 Å². The van der Waals surface area contributed by atoms with Crippen LogP contribution < -0.4 is 5.32 Å². The molecule has 0 aliphatic carbocycles. The van der Waals surface area contributed by atoms with Gasteiger partial charge in [-0.15, -0.1) is 0 Å². The molecular weight excluding hydrogens is 256 g/mol. The van der Waals surface area contributed by atoms with Crippen LogP contribution in [0, 0.1) is 0 Å². The van der Waals surface area contributed by atoms with Crippen molar-refractivity contribution >= 4 is 17.5 Å². The largest absolute Gasteiger partial charge is 0.351 e. The van der Waals surface area contributed by atoms with Crippen LogP contribution in [0.3, 0.4) is 0 Å². The summed E-state index contributed by atoms with van der Waals surface area (Å²) in [6, 6.07) is 3.10. The van der Waals surface area contributed by atoms with Crippen LogP contribution in [-0.2, 0) is 9.47 Å². The first-order chi connectivity index (χ1) is 8.67. The molecule has 0 saturated heterocycles. The smallest absolute Gasteiger partial charge is 0.251 e. The highest BCUT2D eigenvalue weighted by molar-refractivity contribution is 6.29. The summed E-state index contributed by atoms with van der Waals surface area (Å²) in [7, 11) is 0. The highest BCUT2D eigenvalue weighted by Crippen LogP contribution is 2.06. The third kappa shape index (κ3) is 5.00. The van der Waals surface area contributed by atoms with Gasteiger partial charge in [0.2, 0.25) is 0 Å². The van der Waals surface area contributed by atoms with Crippen molar-refractivity contribution in [2.75, 3.05) is 19.8 Å². The fourth-order valence-corrected chi connectivity index (χ4v) is 1.53. The van der Waals surface area contributed by atoms with E-state index in [9.17, 15) is 4.79 Å². The van der Waals surface area contributed by atoms with Gasteiger partial charge in [0.05, 0.1) is 6.54 Å². The molecule has 1 rings (SSSR count). The fraction of sp³-hybridized carbons (Fsp3) is 0.500. The van der Waals surface area contributed by atoms with Crippen molar-refractivity contribution in [3.63, 3.8) is 0 Å². The Labute approximate surface area is 111 Å². The second-order valence-electron chi connectivity index (χ2n) is 3.42. The van der Waals surface area contributed by atoms with E-state index in [1.807, 2.05) is 13.8 Å². The second kappa shape index (κ2) is 8.02. The van der Waals surface area contributed by atoms with E-state index in [4.69, 9.17) is 21.1 Å². The Balaban J connectivity index is 2.49. The molecule has 0 spiro atoms. The van der Waals surface area contributed by atoms with E-state index < -0.39 is 6.29 Å². The Morgan fingerprint density at radius 2 is 2.11 bits per heavy atom. The van der Waals surface area contributed by atoms with Gasteiger partial charge in [0, 0.05) is 25.0 Å². The van der Waals surface area contributed by atoms with Crippen LogP contribution in [0.4, 0.5) is 0 Å². The van der Waals surface area contributed by atoms with Gasteiger partial charge in [0.25, 0.3) is 5.91 Å². The number of rotatable bonds is 7. The average Bonchev–Trinajstić information content (AvgIpc) is 2.36. The molecule has 1 heterocycles. The van der Waals surface area contributed by atoms with Gasteiger partial charge < -0.3 is 14.8 Å². The highest BCUT2D eigenvalue weighted by atomic mass is 35.5. The van der Waals surface area contributed by atoms with Gasteiger partial charge in [-0.3, -0.25) is 4.79 Å². The van der Waals surface area contributed by atoms with E-state index in [1.165, 1.54) is 12.3 Å². The molecule has 0 atom stereocenters. The number of aromatic nitrogens is 1. The minimum Gasteiger partial charge on any atom is -0.351 e. The monoisotopic (exact) mass is 272 g/mol. The van der Waals surface area contributed by atoms with Crippen LogP contribution in [0.25, 0.3) is 0 Å². The van der Waals surface area contributed by atoms with Crippen molar-refractivity contribution in [1.29, 1.82) is 0 Å². The SMILES string of the molecule is CCOC(CNC(=O)c1ccnc(Cl)c1)OCC. The van der Waals surface area contributed by atoms with Crippen LogP contribution in [0.15, 0.2) is 18.3 Å². The van der Waals surface area contributed by atoms with Gasteiger partial charge in [-0.2, -0.15) is 0 Å². The average molecular weight is 273 g/mol. The van der Waals surface area contributed by atoms with Crippen molar-refractivity contribution in [3.05, 3.63) is 29.0 Å². The van der Waals surface area contributed by atoms with Gasteiger partial charge in [-0.25, -0.2) is 4.98 Å². The van der Waals surface area contributed by atoms with Gasteiger partial charge in [0.15, 0.2) is 6.29 Å². The molecule has 100 valence electrons. The predicted molar refractivity (Wildman–Crippen MR) is 68.6 cm³/mol. The number of nitrogens with one attached hydrogen (secondary N) is 1. The summed E-state index contributed by atoms with van der Waals surface area (Å²) in [6.45, 7) is 5.09. The molecule has 18 heavy (non-hydrogen) atoms. The maximum Gasteiger partial charge on any atom is 0.251 e. The number of nitrogens with zero attached hydrogens (tertiary/aromatic N) is 1. The fourth-order valence-electron chi connectivity index (χ4n) is 1.36. The molecule has 0 aromatic carbocycles. The summed E-state index contributed by atoms with van der Waals surface area (Å²) < 4.78 is 10.6. The van der Waals surface area contributed by atoms with E-state index in [1.54, 1.807) is 6.07 Å². The number of ether oxygens (including phenoxy) is 2. The molecular formula is C12H17ClN2O3. The molecule has 5 nitrogen and oxygen atoms in total. The van der Waals surface area contributed by atoms with Crippen molar-refractivity contribution in [2.24, 2.45) is 0 Å². The van der Waals surface area contributed by atoms with Gasteiger partial charge >= 0.3 is 0 Å². The minimum atomic E-state index is -0.429. The topological polar surface area (TPSA) is 60.5 Å². The summed E-state index contributed by atoms with van der Waals surface area (Å²) in [6.07, 6.45) is 1.06. The van der Waals surface area contributed by atoms with Crippen LogP contribution in [0.1, 0.15) is 24.2 Å². The first kappa shape index (κ1) is 14.9. The van der Waals surface area contributed by atoms with Crippen LogP contribution >= 0.6 is 11.6 Å². The minimum absolute atomic E-state index is 0.233. The van der Waals surface area contributed by atoms with E-state index >= 15 is 0 Å². The molecule has 1 amide bonds. The Kier molecular flexibility index (Phi) is 6.64. The zero-order valence-corrected chi connectivity index (χ0v) is 11.2. The lowest BCUT2D eigenvalue weighted by Crippen LogP contribution is -2.35. The molecule has 1 aromatic heterocycles. The number of pyridine rings is 1. The van der Waals surface area contributed by atoms with Gasteiger partial charge in [-0.05, 0) is 26.0 Å². The molecule has 0 saturated carbocycles. The summed E-state index contributed by atoms with van der Waals surface area (Å²) in [5, 5.41) is 3.01. The Morgan fingerprint density at radius 3 is 2.67 bits per heavy atom. The number of carbonyl (C=O) groups is 1. The van der Waals surface area contributed by atoms with Crippen LogP contribution in [-0.4, -0.2) is 36.9 Å². The molecule has 0 aliphatic rings. The second-order valence-corrected chi connectivity index (χ2v) is 3.80. The first-order valence-corrected chi connectivity index (χ1v) is 6.18. The summed E-state index contributed by atoms with van der Waals surface area (Å²) in [5.74, 6) is -0.233. The number of halogens is 1. The lowest BCUT2D eigenvalue weighted by molar-refractivity contribution is -0.131. The maximum atomic E-state index is 11.8. The third-order valence-electron chi connectivity index (χ3n) is 2.12. The Morgan fingerprint density at radius 1 is 1.44 bits per heavy atom. The summed E-state index contributed by atoms with van der Waals surface area (Å²) >= 11 is 5.71. The number of amides is 1. The predicted octanol–water partition coefficient (Wildman–Crippen LogP) is 1.86. The Bertz CT molecular complexity index is 381. The van der Waals surface area contributed by atoms with E-state index in [2.05, 4.69) is 10.3 Å². The molecule has 6 heteroatoms. The van der Waals surface area contributed by atoms with Crippen LogP contribution in [0.5, 0.6) is 0 Å².